The van der Waals surface area contributed by atoms with Crippen LogP contribution in [0.2, 0.25) is 0 Å². The summed E-state index contributed by atoms with van der Waals surface area (Å²) in [6, 6.07) is 0. The molecule has 136 valence electrons. The molecule has 2 aliphatic heterocycles. The van der Waals surface area contributed by atoms with Crippen molar-refractivity contribution in [2.45, 2.75) is 92.2 Å². The van der Waals surface area contributed by atoms with Crippen molar-refractivity contribution in [1.29, 1.82) is 0 Å². The van der Waals surface area contributed by atoms with Crippen molar-refractivity contribution >= 4 is 0 Å². The summed E-state index contributed by atoms with van der Waals surface area (Å²) >= 11 is 0. The van der Waals surface area contributed by atoms with Gasteiger partial charge in [-0.3, -0.25) is 0 Å². The SMILES string of the molecule is CCC1O[C@H](OC2C(O)O[C@@H](CC)C(C)[C@@H]2C)C(C)[C@@H](C)[C@@H]1C. The lowest BCUT2D eigenvalue weighted by atomic mass is 9.78. The van der Waals surface area contributed by atoms with Gasteiger partial charge in [0.25, 0.3) is 0 Å². The number of aliphatic hydroxyl groups excluding tert-OH is 1. The molecule has 2 heterocycles. The van der Waals surface area contributed by atoms with Crippen LogP contribution in [0, 0.1) is 29.6 Å². The summed E-state index contributed by atoms with van der Waals surface area (Å²) in [4.78, 5) is 0. The largest absolute Gasteiger partial charge is 0.366 e. The van der Waals surface area contributed by atoms with E-state index in [4.69, 9.17) is 14.2 Å². The van der Waals surface area contributed by atoms with Gasteiger partial charge in [0.2, 0.25) is 0 Å². The molecule has 0 aromatic rings. The Morgan fingerprint density at radius 2 is 1.26 bits per heavy atom. The van der Waals surface area contributed by atoms with Crippen LogP contribution >= 0.6 is 0 Å². The van der Waals surface area contributed by atoms with Gasteiger partial charge in [-0.05, 0) is 36.5 Å². The lowest BCUT2D eigenvalue weighted by molar-refractivity contribution is -0.329. The molecule has 2 rings (SSSR count). The highest BCUT2D eigenvalue weighted by Gasteiger charge is 2.45. The summed E-state index contributed by atoms with van der Waals surface area (Å²) in [6.45, 7) is 15.3. The molecule has 23 heavy (non-hydrogen) atoms. The van der Waals surface area contributed by atoms with E-state index in [2.05, 4.69) is 48.5 Å². The Morgan fingerprint density at radius 1 is 0.739 bits per heavy atom. The summed E-state index contributed by atoms with van der Waals surface area (Å²) in [7, 11) is 0. The maximum Gasteiger partial charge on any atom is 0.181 e. The number of hydrogen-bond donors (Lipinski definition) is 1. The van der Waals surface area contributed by atoms with Gasteiger partial charge in [0, 0.05) is 5.92 Å². The molecule has 1 N–H and O–H groups in total. The molecule has 0 spiro atoms. The predicted molar refractivity (Wildman–Crippen MR) is 90.8 cm³/mol. The number of rotatable bonds is 4. The zero-order chi connectivity index (χ0) is 17.3. The first-order chi connectivity index (χ1) is 10.8. The molecule has 0 aromatic carbocycles. The van der Waals surface area contributed by atoms with Gasteiger partial charge in [-0.1, -0.05) is 48.5 Å². The van der Waals surface area contributed by atoms with E-state index in [1.807, 2.05) is 0 Å². The van der Waals surface area contributed by atoms with Crippen molar-refractivity contribution in [3.05, 3.63) is 0 Å². The second-order valence-corrected chi connectivity index (χ2v) is 7.82. The zero-order valence-electron chi connectivity index (χ0n) is 15.9. The van der Waals surface area contributed by atoms with Gasteiger partial charge in [0.15, 0.2) is 12.6 Å². The first-order valence-electron chi connectivity index (χ1n) is 9.46. The van der Waals surface area contributed by atoms with Crippen LogP contribution < -0.4 is 0 Å². The third-order valence-electron chi connectivity index (χ3n) is 6.61. The summed E-state index contributed by atoms with van der Waals surface area (Å²) in [5.74, 6) is 1.99. The second-order valence-electron chi connectivity index (χ2n) is 7.82. The van der Waals surface area contributed by atoms with Crippen LogP contribution in [-0.2, 0) is 14.2 Å². The van der Waals surface area contributed by atoms with E-state index in [0.717, 1.165) is 12.8 Å². The molecule has 0 amide bonds. The van der Waals surface area contributed by atoms with Gasteiger partial charge in [-0.2, -0.15) is 0 Å². The highest BCUT2D eigenvalue weighted by molar-refractivity contribution is 4.87. The molecule has 0 saturated carbocycles. The molecule has 0 radical (unpaired) electrons. The van der Waals surface area contributed by atoms with Crippen molar-refractivity contribution < 1.29 is 19.3 Å². The summed E-state index contributed by atoms with van der Waals surface area (Å²) in [5.41, 5.74) is 0. The summed E-state index contributed by atoms with van der Waals surface area (Å²) in [5, 5.41) is 10.4. The molecule has 2 fully saturated rings. The molecule has 0 aromatic heterocycles. The average molecular weight is 328 g/mol. The molecular weight excluding hydrogens is 292 g/mol. The maximum absolute atomic E-state index is 10.4. The smallest absolute Gasteiger partial charge is 0.181 e. The van der Waals surface area contributed by atoms with Gasteiger partial charge in [0.05, 0.1) is 12.2 Å². The minimum atomic E-state index is -0.864. The minimum Gasteiger partial charge on any atom is -0.366 e. The molecule has 2 saturated heterocycles. The van der Waals surface area contributed by atoms with Crippen LogP contribution in [0.25, 0.3) is 0 Å². The Balaban J connectivity index is 2.08. The summed E-state index contributed by atoms with van der Waals surface area (Å²) < 4.78 is 18.3. The fourth-order valence-electron chi connectivity index (χ4n) is 4.20. The Kier molecular flexibility index (Phi) is 6.51. The van der Waals surface area contributed by atoms with E-state index in [-0.39, 0.29) is 30.5 Å². The van der Waals surface area contributed by atoms with Gasteiger partial charge in [-0.25, -0.2) is 0 Å². The first-order valence-corrected chi connectivity index (χ1v) is 9.46. The lowest BCUT2D eigenvalue weighted by Crippen LogP contribution is -2.54. The van der Waals surface area contributed by atoms with Crippen LogP contribution in [0.5, 0.6) is 0 Å². The Labute approximate surface area is 141 Å². The molecule has 0 aliphatic carbocycles. The highest BCUT2D eigenvalue weighted by Crippen LogP contribution is 2.40. The molecular formula is C19H36O4. The molecule has 4 heteroatoms. The average Bonchev–Trinajstić information content (AvgIpc) is 2.54. The Bertz CT molecular complexity index is 372. The van der Waals surface area contributed by atoms with E-state index < -0.39 is 6.29 Å². The van der Waals surface area contributed by atoms with Crippen molar-refractivity contribution in [1.82, 2.24) is 0 Å². The van der Waals surface area contributed by atoms with E-state index >= 15 is 0 Å². The Morgan fingerprint density at radius 3 is 1.83 bits per heavy atom. The molecule has 0 bridgehead atoms. The molecule has 5 unspecified atom stereocenters. The van der Waals surface area contributed by atoms with Crippen molar-refractivity contribution in [2.75, 3.05) is 0 Å². The number of ether oxygens (including phenoxy) is 3. The van der Waals surface area contributed by atoms with E-state index in [1.54, 1.807) is 0 Å². The van der Waals surface area contributed by atoms with Crippen molar-refractivity contribution in [3.63, 3.8) is 0 Å². The highest BCUT2D eigenvalue weighted by atomic mass is 16.7. The van der Waals surface area contributed by atoms with Crippen LogP contribution in [-0.4, -0.2) is 36.0 Å². The lowest BCUT2D eigenvalue weighted by Gasteiger charge is -2.48. The second kappa shape index (κ2) is 7.81. The number of aliphatic hydroxyl groups is 1. The van der Waals surface area contributed by atoms with Crippen molar-refractivity contribution in [2.24, 2.45) is 29.6 Å². The Hall–Kier alpha value is -0.160. The number of hydrogen-bond acceptors (Lipinski definition) is 4. The van der Waals surface area contributed by atoms with Crippen LogP contribution in [0.1, 0.15) is 61.3 Å². The van der Waals surface area contributed by atoms with Gasteiger partial charge < -0.3 is 19.3 Å². The third-order valence-corrected chi connectivity index (χ3v) is 6.61. The molecule has 4 nitrogen and oxygen atoms in total. The molecule has 2 aliphatic rings. The third kappa shape index (κ3) is 3.76. The normalized spacial score (nSPS) is 51.7. The van der Waals surface area contributed by atoms with E-state index in [0.29, 0.717) is 23.7 Å². The standard InChI is InChI=1S/C19H36O4/c1-8-15-12(5)13(6)17(18(20)21-15)23-19-14(7)10(3)11(4)16(9-2)22-19/h10-20H,8-9H2,1-7H3/t10-,11-,12?,13-,14?,15-,16?,17?,18?,19+/m0/s1. The predicted octanol–water partition coefficient (Wildman–Crippen LogP) is 3.81. The quantitative estimate of drug-likeness (QED) is 0.852. The topological polar surface area (TPSA) is 47.9 Å². The zero-order valence-corrected chi connectivity index (χ0v) is 15.9. The van der Waals surface area contributed by atoms with Gasteiger partial charge >= 0.3 is 0 Å². The minimum absolute atomic E-state index is 0.104. The monoisotopic (exact) mass is 328 g/mol. The van der Waals surface area contributed by atoms with Crippen LogP contribution in [0.4, 0.5) is 0 Å². The van der Waals surface area contributed by atoms with Gasteiger partial charge in [0.1, 0.15) is 6.10 Å². The van der Waals surface area contributed by atoms with E-state index in [9.17, 15) is 5.11 Å². The van der Waals surface area contributed by atoms with E-state index in [1.165, 1.54) is 0 Å². The first kappa shape index (κ1) is 19.2. The fraction of sp³-hybridized carbons (Fsp3) is 1.00. The van der Waals surface area contributed by atoms with Crippen LogP contribution in [0.15, 0.2) is 0 Å². The molecule has 10 atom stereocenters. The van der Waals surface area contributed by atoms with Crippen LogP contribution in [0.3, 0.4) is 0 Å². The summed E-state index contributed by atoms with van der Waals surface area (Å²) in [6.07, 6.45) is 0.789. The fourth-order valence-corrected chi connectivity index (χ4v) is 4.20. The maximum atomic E-state index is 10.4. The van der Waals surface area contributed by atoms with Crippen molar-refractivity contribution in [3.8, 4) is 0 Å². The van der Waals surface area contributed by atoms with Gasteiger partial charge in [-0.15, -0.1) is 0 Å².